The lowest BCUT2D eigenvalue weighted by atomic mass is 10.0. The van der Waals surface area contributed by atoms with E-state index in [1.54, 1.807) is 0 Å². The van der Waals surface area contributed by atoms with E-state index >= 15 is 0 Å². The van der Waals surface area contributed by atoms with Gasteiger partial charge in [0.15, 0.2) is 0 Å². The van der Waals surface area contributed by atoms with Crippen LogP contribution in [0.4, 0.5) is 5.69 Å². The molecule has 0 bridgehead atoms. The molecule has 0 unspecified atom stereocenters. The molecule has 0 fully saturated rings. The molecule has 0 aliphatic carbocycles. The Balaban J connectivity index is 1.35. The van der Waals surface area contributed by atoms with Gasteiger partial charge in [-0.3, -0.25) is 4.79 Å². The van der Waals surface area contributed by atoms with Gasteiger partial charge < -0.3 is 10.1 Å². The van der Waals surface area contributed by atoms with E-state index in [4.69, 9.17) is 4.74 Å². The summed E-state index contributed by atoms with van der Waals surface area (Å²) in [6.07, 6.45) is 25.1. The van der Waals surface area contributed by atoms with Crippen LogP contribution >= 0.6 is 0 Å². The molecule has 0 aliphatic rings. The molecule has 1 N–H and O–H groups in total. The van der Waals surface area contributed by atoms with Crippen molar-refractivity contribution in [3.63, 3.8) is 0 Å². The summed E-state index contributed by atoms with van der Waals surface area (Å²) in [7, 11) is 0. The van der Waals surface area contributed by atoms with E-state index in [1.165, 1.54) is 115 Å². The standard InChI is InChI=1S/C35H55NO2/c1-2-3-4-5-6-7-8-9-10-11-12-13-14-15-16-17-21-30-36-34-27-24-32(25-28-34)26-29-35(37)38-31-33-22-19-18-20-23-33/h18-20,22-25,27-28,36H,2-17,21,26,29-31H2,1H3. The highest BCUT2D eigenvalue weighted by molar-refractivity contribution is 5.69. The predicted octanol–water partition coefficient (Wildman–Crippen LogP) is 10.4. The summed E-state index contributed by atoms with van der Waals surface area (Å²) in [6.45, 7) is 3.67. The molecule has 0 atom stereocenters. The number of aryl methyl sites for hydroxylation is 1. The van der Waals surface area contributed by atoms with Crippen molar-refractivity contribution >= 4 is 11.7 Å². The Bertz CT molecular complexity index is 802. The van der Waals surface area contributed by atoms with Gasteiger partial charge in [-0.15, -0.1) is 0 Å². The van der Waals surface area contributed by atoms with Crippen LogP contribution in [-0.4, -0.2) is 12.5 Å². The van der Waals surface area contributed by atoms with E-state index in [0.717, 1.165) is 17.8 Å². The van der Waals surface area contributed by atoms with Crippen molar-refractivity contribution in [3.05, 3.63) is 65.7 Å². The number of nitrogens with one attached hydrogen (secondary N) is 1. The van der Waals surface area contributed by atoms with Crippen LogP contribution in [0.25, 0.3) is 0 Å². The van der Waals surface area contributed by atoms with Gasteiger partial charge in [0.05, 0.1) is 0 Å². The second-order valence-corrected chi connectivity index (χ2v) is 10.9. The smallest absolute Gasteiger partial charge is 0.306 e. The van der Waals surface area contributed by atoms with Crippen molar-refractivity contribution in [2.24, 2.45) is 0 Å². The lowest BCUT2D eigenvalue weighted by molar-refractivity contribution is -0.144. The summed E-state index contributed by atoms with van der Waals surface area (Å²) >= 11 is 0. The second-order valence-electron chi connectivity index (χ2n) is 10.9. The van der Waals surface area contributed by atoms with E-state index in [0.29, 0.717) is 19.4 Å². The summed E-state index contributed by atoms with van der Waals surface area (Å²) in [5.74, 6) is -0.144. The summed E-state index contributed by atoms with van der Waals surface area (Å²) < 4.78 is 5.37. The molecule has 0 radical (unpaired) electrons. The van der Waals surface area contributed by atoms with Crippen LogP contribution in [0.1, 0.15) is 134 Å². The fraction of sp³-hybridized carbons (Fsp3) is 0.629. The van der Waals surface area contributed by atoms with Crippen molar-refractivity contribution in [3.8, 4) is 0 Å². The number of unbranched alkanes of at least 4 members (excludes halogenated alkanes) is 16. The number of esters is 1. The quantitative estimate of drug-likeness (QED) is 0.110. The molecule has 3 heteroatoms. The Labute approximate surface area is 234 Å². The lowest BCUT2D eigenvalue weighted by Crippen LogP contribution is -2.06. The van der Waals surface area contributed by atoms with Gasteiger partial charge in [-0.05, 0) is 36.1 Å². The number of hydrogen-bond donors (Lipinski definition) is 1. The van der Waals surface area contributed by atoms with Crippen LogP contribution < -0.4 is 5.32 Å². The molecule has 0 saturated carbocycles. The topological polar surface area (TPSA) is 38.3 Å². The second kappa shape index (κ2) is 22.7. The summed E-state index contributed by atoms with van der Waals surface area (Å²) in [5, 5.41) is 3.54. The zero-order chi connectivity index (χ0) is 26.9. The fourth-order valence-electron chi connectivity index (χ4n) is 4.93. The molecule has 0 saturated heterocycles. The monoisotopic (exact) mass is 521 g/mol. The van der Waals surface area contributed by atoms with E-state index in [1.807, 2.05) is 30.3 Å². The maximum atomic E-state index is 12.0. The normalized spacial score (nSPS) is 11.0. The number of carbonyl (C=O) groups is 1. The Kier molecular flexibility index (Phi) is 19.0. The highest BCUT2D eigenvalue weighted by Gasteiger charge is 2.05. The maximum Gasteiger partial charge on any atom is 0.306 e. The van der Waals surface area contributed by atoms with Crippen molar-refractivity contribution in [1.29, 1.82) is 0 Å². The first-order valence-corrected chi connectivity index (χ1v) is 15.8. The van der Waals surface area contributed by atoms with Crippen LogP contribution in [0.15, 0.2) is 54.6 Å². The molecular weight excluding hydrogens is 466 g/mol. The largest absolute Gasteiger partial charge is 0.461 e. The maximum absolute atomic E-state index is 12.0. The van der Waals surface area contributed by atoms with Crippen LogP contribution in [0.5, 0.6) is 0 Å². The predicted molar refractivity (Wildman–Crippen MR) is 164 cm³/mol. The van der Waals surface area contributed by atoms with Gasteiger partial charge in [-0.1, -0.05) is 152 Å². The summed E-state index contributed by atoms with van der Waals surface area (Å²) in [5.41, 5.74) is 3.36. The third-order valence-electron chi connectivity index (χ3n) is 7.42. The third kappa shape index (κ3) is 17.3. The van der Waals surface area contributed by atoms with Crippen LogP contribution in [0.2, 0.25) is 0 Å². The van der Waals surface area contributed by atoms with Gasteiger partial charge in [-0.25, -0.2) is 0 Å². The van der Waals surface area contributed by atoms with Gasteiger partial charge in [-0.2, -0.15) is 0 Å². The number of hydrogen-bond acceptors (Lipinski definition) is 3. The minimum absolute atomic E-state index is 0.144. The van der Waals surface area contributed by atoms with Gasteiger partial charge in [0.25, 0.3) is 0 Å². The highest BCUT2D eigenvalue weighted by atomic mass is 16.5. The van der Waals surface area contributed by atoms with Crippen molar-refractivity contribution in [1.82, 2.24) is 0 Å². The molecule has 2 rings (SSSR count). The number of ether oxygens (including phenoxy) is 1. The molecule has 0 heterocycles. The first-order valence-electron chi connectivity index (χ1n) is 15.8. The Morgan fingerprint density at radius 2 is 1.11 bits per heavy atom. The third-order valence-corrected chi connectivity index (χ3v) is 7.42. The van der Waals surface area contributed by atoms with Gasteiger partial charge in [0.1, 0.15) is 6.61 Å². The van der Waals surface area contributed by atoms with Gasteiger partial charge in [0, 0.05) is 18.7 Å². The highest BCUT2D eigenvalue weighted by Crippen LogP contribution is 2.15. The lowest BCUT2D eigenvalue weighted by Gasteiger charge is -2.08. The van der Waals surface area contributed by atoms with Crippen LogP contribution in [0.3, 0.4) is 0 Å². The van der Waals surface area contributed by atoms with Crippen molar-refractivity contribution in [2.75, 3.05) is 11.9 Å². The summed E-state index contributed by atoms with van der Waals surface area (Å²) in [6, 6.07) is 18.3. The van der Waals surface area contributed by atoms with Gasteiger partial charge in [0.2, 0.25) is 0 Å². The Morgan fingerprint density at radius 1 is 0.605 bits per heavy atom. The molecule has 0 aromatic heterocycles. The van der Waals surface area contributed by atoms with Crippen molar-refractivity contribution < 1.29 is 9.53 Å². The first-order chi connectivity index (χ1) is 18.8. The zero-order valence-corrected chi connectivity index (χ0v) is 24.4. The van der Waals surface area contributed by atoms with E-state index in [9.17, 15) is 4.79 Å². The van der Waals surface area contributed by atoms with Crippen molar-refractivity contribution in [2.45, 2.75) is 136 Å². The van der Waals surface area contributed by atoms with Crippen LogP contribution in [-0.2, 0) is 22.6 Å². The zero-order valence-electron chi connectivity index (χ0n) is 24.4. The minimum Gasteiger partial charge on any atom is -0.461 e. The molecule has 0 aliphatic heterocycles. The molecule has 3 nitrogen and oxygen atoms in total. The van der Waals surface area contributed by atoms with E-state index in [-0.39, 0.29) is 5.97 Å². The molecule has 0 amide bonds. The molecule has 2 aromatic rings. The summed E-state index contributed by atoms with van der Waals surface area (Å²) in [4.78, 5) is 12.0. The Hall–Kier alpha value is -2.29. The number of rotatable bonds is 24. The number of anilines is 1. The minimum atomic E-state index is -0.144. The molecule has 2 aromatic carbocycles. The van der Waals surface area contributed by atoms with E-state index < -0.39 is 0 Å². The molecule has 38 heavy (non-hydrogen) atoms. The number of benzene rings is 2. The number of carbonyl (C=O) groups excluding carboxylic acids is 1. The van der Waals surface area contributed by atoms with Gasteiger partial charge >= 0.3 is 5.97 Å². The average Bonchev–Trinajstić information content (AvgIpc) is 2.95. The molecular formula is C35H55NO2. The van der Waals surface area contributed by atoms with E-state index in [2.05, 4.69) is 36.5 Å². The molecule has 0 spiro atoms. The average molecular weight is 522 g/mol. The first kappa shape index (κ1) is 31.9. The Morgan fingerprint density at radius 3 is 1.63 bits per heavy atom. The SMILES string of the molecule is CCCCCCCCCCCCCCCCCCCNc1ccc(CCC(=O)OCc2ccccc2)cc1. The molecule has 212 valence electrons. The fourth-order valence-corrected chi connectivity index (χ4v) is 4.93. The van der Waals surface area contributed by atoms with Crippen LogP contribution in [0, 0.1) is 0 Å².